The Morgan fingerprint density at radius 3 is 3.00 bits per heavy atom. The summed E-state index contributed by atoms with van der Waals surface area (Å²) in [5.74, 6) is 1.22. The lowest BCUT2D eigenvalue weighted by Gasteiger charge is -2.23. The molecule has 0 saturated carbocycles. The molecule has 0 N–H and O–H groups in total. The van der Waals surface area contributed by atoms with Crippen LogP contribution < -0.4 is 5.32 Å². The smallest absolute Gasteiger partial charge is 0.0487 e. The third kappa shape index (κ3) is 1.17. The van der Waals surface area contributed by atoms with Crippen molar-refractivity contribution in [3.63, 3.8) is 0 Å². The zero-order valence-electron chi connectivity index (χ0n) is 6.10. The molecule has 0 fully saturated rings. The van der Waals surface area contributed by atoms with Gasteiger partial charge in [-0.2, -0.15) is 0 Å². The van der Waals surface area contributed by atoms with Gasteiger partial charge in [-0.1, -0.05) is 0 Å². The molecule has 0 unspecified atom stereocenters. The Balaban J connectivity index is 2.14. The van der Waals surface area contributed by atoms with E-state index in [-0.39, 0.29) is 0 Å². The molecule has 2 rings (SSSR count). The third-order valence-electron chi connectivity index (χ3n) is 2.06. The second-order valence-corrected chi connectivity index (χ2v) is 4.00. The third-order valence-corrected chi connectivity index (χ3v) is 3.23. The van der Waals surface area contributed by atoms with Crippen molar-refractivity contribution in [3.05, 3.63) is 10.6 Å². The quantitative estimate of drug-likeness (QED) is 0.521. The highest BCUT2D eigenvalue weighted by molar-refractivity contribution is 8.03. The van der Waals surface area contributed by atoms with E-state index in [0.717, 1.165) is 6.54 Å². The van der Waals surface area contributed by atoms with E-state index in [0.29, 0.717) is 0 Å². The molecule has 1 heterocycles. The van der Waals surface area contributed by atoms with Gasteiger partial charge in [-0.3, -0.25) is 5.32 Å². The average Bonchev–Trinajstić information content (AvgIpc) is 2.05. The summed E-state index contributed by atoms with van der Waals surface area (Å²) in [6, 6.07) is 0. The SMILES string of the molecule is C1CCC2=C(C1)[N]CCS2. The maximum Gasteiger partial charge on any atom is 0.0487 e. The van der Waals surface area contributed by atoms with E-state index in [1.165, 1.54) is 37.1 Å². The Bertz CT molecular complexity index is 129. The molecule has 1 aliphatic carbocycles. The average molecular weight is 154 g/mol. The van der Waals surface area contributed by atoms with Gasteiger partial charge in [0.05, 0.1) is 0 Å². The highest BCUT2D eigenvalue weighted by Crippen LogP contribution is 2.34. The maximum absolute atomic E-state index is 4.51. The number of nitrogens with zero attached hydrogens (tertiary/aromatic N) is 1. The van der Waals surface area contributed by atoms with Crippen molar-refractivity contribution in [1.29, 1.82) is 0 Å². The molecule has 0 aromatic carbocycles. The summed E-state index contributed by atoms with van der Waals surface area (Å²) in [5, 5.41) is 4.51. The van der Waals surface area contributed by atoms with Crippen LogP contribution in [0.2, 0.25) is 0 Å². The molecule has 0 amide bonds. The predicted octanol–water partition coefficient (Wildman–Crippen LogP) is 2.12. The van der Waals surface area contributed by atoms with Crippen LogP contribution in [0.5, 0.6) is 0 Å². The van der Waals surface area contributed by atoms with Crippen molar-refractivity contribution in [1.82, 2.24) is 5.32 Å². The molecule has 1 nitrogen and oxygen atoms in total. The second kappa shape index (κ2) is 2.87. The van der Waals surface area contributed by atoms with E-state index in [2.05, 4.69) is 5.32 Å². The summed E-state index contributed by atoms with van der Waals surface area (Å²) < 4.78 is 0. The maximum atomic E-state index is 4.51. The van der Waals surface area contributed by atoms with Gasteiger partial charge in [0, 0.05) is 22.9 Å². The van der Waals surface area contributed by atoms with Gasteiger partial charge in [-0.05, 0) is 25.7 Å². The predicted molar refractivity (Wildman–Crippen MR) is 45.0 cm³/mol. The molecular weight excluding hydrogens is 142 g/mol. The summed E-state index contributed by atoms with van der Waals surface area (Å²) >= 11 is 2.03. The minimum atomic E-state index is 1.06. The molecule has 1 radical (unpaired) electrons. The Morgan fingerprint density at radius 1 is 1.20 bits per heavy atom. The van der Waals surface area contributed by atoms with Crippen molar-refractivity contribution in [2.24, 2.45) is 0 Å². The molecule has 2 heteroatoms. The summed E-state index contributed by atoms with van der Waals surface area (Å²) in [6.07, 6.45) is 5.32. The summed E-state index contributed by atoms with van der Waals surface area (Å²) in [5.41, 5.74) is 1.43. The topological polar surface area (TPSA) is 14.1 Å². The zero-order valence-corrected chi connectivity index (χ0v) is 6.91. The molecular formula is C8H12NS. The van der Waals surface area contributed by atoms with Crippen molar-refractivity contribution in [2.45, 2.75) is 25.7 Å². The molecule has 0 bridgehead atoms. The van der Waals surface area contributed by atoms with Gasteiger partial charge in [-0.15, -0.1) is 11.8 Å². The fraction of sp³-hybridized carbons (Fsp3) is 0.750. The normalized spacial score (nSPS) is 25.6. The lowest BCUT2D eigenvalue weighted by molar-refractivity contribution is 0.632. The van der Waals surface area contributed by atoms with Crippen LogP contribution in [-0.4, -0.2) is 12.3 Å². The highest BCUT2D eigenvalue weighted by atomic mass is 32.2. The monoisotopic (exact) mass is 154 g/mol. The Kier molecular flexibility index (Phi) is 1.89. The van der Waals surface area contributed by atoms with Crippen molar-refractivity contribution < 1.29 is 0 Å². The van der Waals surface area contributed by atoms with Gasteiger partial charge < -0.3 is 0 Å². The van der Waals surface area contributed by atoms with Crippen LogP contribution in [-0.2, 0) is 0 Å². The Morgan fingerprint density at radius 2 is 2.10 bits per heavy atom. The van der Waals surface area contributed by atoms with E-state index >= 15 is 0 Å². The largest absolute Gasteiger partial charge is 0.288 e. The summed E-state index contributed by atoms with van der Waals surface area (Å²) in [4.78, 5) is 1.59. The van der Waals surface area contributed by atoms with Crippen LogP contribution in [0.25, 0.3) is 0 Å². The lowest BCUT2D eigenvalue weighted by Crippen LogP contribution is -2.17. The van der Waals surface area contributed by atoms with E-state index < -0.39 is 0 Å². The van der Waals surface area contributed by atoms with Crippen LogP contribution in [0.3, 0.4) is 0 Å². The van der Waals surface area contributed by atoms with Gasteiger partial charge in [0.1, 0.15) is 0 Å². The van der Waals surface area contributed by atoms with Crippen molar-refractivity contribution in [2.75, 3.05) is 12.3 Å². The molecule has 0 aromatic rings. The van der Waals surface area contributed by atoms with Crippen LogP contribution in [0.4, 0.5) is 0 Å². The Hall–Kier alpha value is -0.110. The molecule has 1 aliphatic heterocycles. The minimum Gasteiger partial charge on any atom is -0.288 e. The van der Waals surface area contributed by atoms with Gasteiger partial charge in [0.2, 0.25) is 0 Å². The van der Waals surface area contributed by atoms with Crippen LogP contribution >= 0.6 is 11.8 Å². The first-order chi connectivity index (χ1) is 4.97. The number of hydrogen-bond donors (Lipinski definition) is 0. The number of rotatable bonds is 0. The molecule has 10 heavy (non-hydrogen) atoms. The minimum absolute atomic E-state index is 1.06. The van der Waals surface area contributed by atoms with E-state index in [1.807, 2.05) is 11.8 Å². The zero-order chi connectivity index (χ0) is 6.81. The van der Waals surface area contributed by atoms with Gasteiger partial charge in [-0.25, -0.2) is 0 Å². The van der Waals surface area contributed by atoms with Crippen LogP contribution in [0, 0.1) is 0 Å². The molecule has 0 aromatic heterocycles. The van der Waals surface area contributed by atoms with E-state index in [1.54, 1.807) is 4.91 Å². The van der Waals surface area contributed by atoms with Crippen molar-refractivity contribution >= 4 is 11.8 Å². The Labute approximate surface area is 66.3 Å². The van der Waals surface area contributed by atoms with E-state index in [9.17, 15) is 0 Å². The van der Waals surface area contributed by atoms with Gasteiger partial charge in [0.25, 0.3) is 0 Å². The molecule has 55 valence electrons. The number of hydrogen-bond acceptors (Lipinski definition) is 1. The first-order valence-electron chi connectivity index (χ1n) is 3.99. The van der Waals surface area contributed by atoms with Gasteiger partial charge >= 0.3 is 0 Å². The van der Waals surface area contributed by atoms with E-state index in [4.69, 9.17) is 0 Å². The highest BCUT2D eigenvalue weighted by Gasteiger charge is 2.16. The first kappa shape index (κ1) is 6.59. The molecule has 0 saturated heterocycles. The van der Waals surface area contributed by atoms with Gasteiger partial charge in [0.15, 0.2) is 0 Å². The fourth-order valence-electron chi connectivity index (χ4n) is 1.53. The summed E-state index contributed by atoms with van der Waals surface area (Å²) in [7, 11) is 0. The lowest BCUT2D eigenvalue weighted by atomic mass is 10.0. The second-order valence-electron chi connectivity index (χ2n) is 2.81. The van der Waals surface area contributed by atoms with Crippen molar-refractivity contribution in [3.8, 4) is 0 Å². The summed E-state index contributed by atoms with van der Waals surface area (Å²) in [6.45, 7) is 1.06. The molecule has 2 aliphatic rings. The fourth-order valence-corrected chi connectivity index (χ4v) is 2.58. The van der Waals surface area contributed by atoms with Crippen LogP contribution in [0.15, 0.2) is 10.6 Å². The molecule has 0 atom stereocenters. The molecule has 0 spiro atoms. The van der Waals surface area contributed by atoms with Crippen LogP contribution in [0.1, 0.15) is 25.7 Å². The number of thioether (sulfide) groups is 1. The standard InChI is InChI=1S/C8H12NS/c1-2-4-8-7(3-1)9-5-6-10-8/h1-6H2. The first-order valence-corrected chi connectivity index (χ1v) is 4.98. The number of allylic oxidation sites excluding steroid dienone is 2.